The summed E-state index contributed by atoms with van der Waals surface area (Å²) in [6.07, 6.45) is 1.00. The lowest BCUT2D eigenvalue weighted by Gasteiger charge is -2.34. The van der Waals surface area contributed by atoms with Gasteiger partial charge in [0, 0.05) is 17.5 Å². The van der Waals surface area contributed by atoms with Crippen LogP contribution in [0.5, 0.6) is 0 Å². The molecule has 3 heteroatoms. The Balaban J connectivity index is 2.02. The summed E-state index contributed by atoms with van der Waals surface area (Å²) < 4.78 is 13.7. The van der Waals surface area contributed by atoms with Crippen molar-refractivity contribution in [2.24, 2.45) is 0 Å². The van der Waals surface area contributed by atoms with Gasteiger partial charge in [-0.1, -0.05) is 35.9 Å². The molecule has 3 rings (SSSR count). The quantitative estimate of drug-likeness (QED) is 0.851. The van der Waals surface area contributed by atoms with E-state index < -0.39 is 0 Å². The van der Waals surface area contributed by atoms with E-state index in [1.54, 1.807) is 6.07 Å². The van der Waals surface area contributed by atoms with Crippen LogP contribution in [0.3, 0.4) is 0 Å². The second-order valence-corrected chi connectivity index (χ2v) is 6.14. The van der Waals surface area contributed by atoms with Gasteiger partial charge in [-0.25, -0.2) is 4.39 Å². The maximum absolute atomic E-state index is 13.7. The SMILES string of the molecule is Cc1ccc(F)cc1C1CCNCC1c1ccccc1Cl. The summed E-state index contributed by atoms with van der Waals surface area (Å²) >= 11 is 6.38. The zero-order chi connectivity index (χ0) is 14.8. The molecular weight excluding hydrogens is 285 g/mol. The van der Waals surface area contributed by atoms with Crippen molar-refractivity contribution >= 4 is 11.6 Å². The van der Waals surface area contributed by atoms with Crippen molar-refractivity contribution in [2.75, 3.05) is 13.1 Å². The first kappa shape index (κ1) is 14.6. The van der Waals surface area contributed by atoms with E-state index in [9.17, 15) is 4.39 Å². The van der Waals surface area contributed by atoms with Gasteiger partial charge < -0.3 is 5.32 Å². The Kier molecular flexibility index (Phi) is 4.27. The summed E-state index contributed by atoms with van der Waals surface area (Å²) in [6, 6.07) is 13.1. The van der Waals surface area contributed by atoms with E-state index in [0.717, 1.165) is 41.2 Å². The molecule has 2 atom stereocenters. The molecule has 0 spiro atoms. The molecule has 0 aromatic heterocycles. The van der Waals surface area contributed by atoms with Crippen LogP contribution in [0.4, 0.5) is 4.39 Å². The van der Waals surface area contributed by atoms with Gasteiger partial charge >= 0.3 is 0 Å². The summed E-state index contributed by atoms with van der Waals surface area (Å²) in [5.41, 5.74) is 3.42. The maximum Gasteiger partial charge on any atom is 0.123 e. The minimum absolute atomic E-state index is 0.160. The average molecular weight is 304 g/mol. The molecule has 1 aliphatic rings. The van der Waals surface area contributed by atoms with Crippen LogP contribution in [0.15, 0.2) is 42.5 Å². The first-order valence-corrected chi connectivity index (χ1v) is 7.76. The Bertz CT molecular complexity index is 641. The van der Waals surface area contributed by atoms with Crippen molar-refractivity contribution < 1.29 is 4.39 Å². The molecule has 1 saturated heterocycles. The van der Waals surface area contributed by atoms with Crippen LogP contribution in [0.1, 0.15) is 34.9 Å². The summed E-state index contributed by atoms with van der Waals surface area (Å²) in [5, 5.41) is 4.24. The second-order valence-electron chi connectivity index (χ2n) is 5.73. The highest BCUT2D eigenvalue weighted by atomic mass is 35.5. The van der Waals surface area contributed by atoms with Crippen LogP contribution in [0.2, 0.25) is 5.02 Å². The largest absolute Gasteiger partial charge is 0.316 e. The van der Waals surface area contributed by atoms with Crippen LogP contribution < -0.4 is 5.32 Å². The van der Waals surface area contributed by atoms with Gasteiger partial charge in [-0.3, -0.25) is 0 Å². The van der Waals surface area contributed by atoms with Crippen LogP contribution in [0.25, 0.3) is 0 Å². The van der Waals surface area contributed by atoms with Gasteiger partial charge in [-0.05, 0) is 60.7 Å². The third-order valence-corrected chi connectivity index (χ3v) is 4.77. The molecule has 2 aromatic carbocycles. The Morgan fingerprint density at radius 2 is 1.90 bits per heavy atom. The highest BCUT2D eigenvalue weighted by Crippen LogP contribution is 2.41. The fourth-order valence-electron chi connectivity index (χ4n) is 3.34. The van der Waals surface area contributed by atoms with Gasteiger partial charge in [0.15, 0.2) is 0 Å². The molecule has 1 aliphatic heterocycles. The molecule has 2 unspecified atom stereocenters. The summed E-state index contributed by atoms with van der Waals surface area (Å²) in [4.78, 5) is 0. The Labute approximate surface area is 130 Å². The third-order valence-electron chi connectivity index (χ3n) is 4.43. The van der Waals surface area contributed by atoms with Crippen molar-refractivity contribution in [1.82, 2.24) is 5.32 Å². The fourth-order valence-corrected chi connectivity index (χ4v) is 3.62. The first-order chi connectivity index (χ1) is 10.2. The van der Waals surface area contributed by atoms with E-state index in [1.165, 1.54) is 6.07 Å². The number of nitrogens with one attached hydrogen (secondary N) is 1. The lowest BCUT2D eigenvalue weighted by Crippen LogP contribution is -2.34. The summed E-state index contributed by atoms with van der Waals surface area (Å²) in [6.45, 7) is 3.90. The molecule has 0 saturated carbocycles. The van der Waals surface area contributed by atoms with Crippen LogP contribution in [0, 0.1) is 12.7 Å². The molecule has 0 bridgehead atoms. The van der Waals surface area contributed by atoms with Crippen molar-refractivity contribution in [2.45, 2.75) is 25.2 Å². The van der Waals surface area contributed by atoms with Crippen LogP contribution >= 0.6 is 11.6 Å². The zero-order valence-electron chi connectivity index (χ0n) is 12.1. The molecule has 0 amide bonds. The average Bonchev–Trinajstić information content (AvgIpc) is 2.50. The maximum atomic E-state index is 13.7. The lowest BCUT2D eigenvalue weighted by molar-refractivity contribution is 0.402. The van der Waals surface area contributed by atoms with E-state index >= 15 is 0 Å². The molecule has 1 N–H and O–H groups in total. The molecule has 110 valence electrons. The predicted molar refractivity (Wildman–Crippen MR) is 85.6 cm³/mol. The first-order valence-electron chi connectivity index (χ1n) is 7.38. The summed E-state index contributed by atoms with van der Waals surface area (Å²) in [5.74, 6) is 0.432. The van der Waals surface area contributed by atoms with Gasteiger partial charge in [0.2, 0.25) is 0 Å². The number of hydrogen-bond acceptors (Lipinski definition) is 1. The zero-order valence-corrected chi connectivity index (χ0v) is 12.8. The van der Waals surface area contributed by atoms with Crippen molar-refractivity contribution in [3.05, 3.63) is 70.0 Å². The number of benzene rings is 2. The normalized spacial score (nSPS) is 22.2. The number of rotatable bonds is 2. The molecule has 1 fully saturated rings. The van der Waals surface area contributed by atoms with E-state index in [-0.39, 0.29) is 11.7 Å². The number of piperidine rings is 1. The topological polar surface area (TPSA) is 12.0 Å². The number of hydrogen-bond donors (Lipinski definition) is 1. The van der Waals surface area contributed by atoms with Gasteiger partial charge in [-0.2, -0.15) is 0 Å². The number of halogens is 2. The molecule has 0 radical (unpaired) electrons. The molecule has 2 aromatic rings. The van der Waals surface area contributed by atoms with Gasteiger partial charge in [0.25, 0.3) is 0 Å². The second kappa shape index (κ2) is 6.17. The highest BCUT2D eigenvalue weighted by Gasteiger charge is 2.30. The van der Waals surface area contributed by atoms with Crippen molar-refractivity contribution in [3.8, 4) is 0 Å². The van der Waals surface area contributed by atoms with E-state index in [1.807, 2.05) is 24.3 Å². The van der Waals surface area contributed by atoms with Gasteiger partial charge in [0.1, 0.15) is 5.82 Å². The number of aryl methyl sites for hydroxylation is 1. The minimum atomic E-state index is -0.160. The fraction of sp³-hybridized carbons (Fsp3) is 0.333. The Morgan fingerprint density at radius 3 is 2.71 bits per heavy atom. The van der Waals surface area contributed by atoms with Gasteiger partial charge in [-0.15, -0.1) is 0 Å². The molecule has 0 aliphatic carbocycles. The molecule has 21 heavy (non-hydrogen) atoms. The molecular formula is C18H19ClFN. The lowest BCUT2D eigenvalue weighted by atomic mass is 9.76. The minimum Gasteiger partial charge on any atom is -0.316 e. The third kappa shape index (κ3) is 2.97. The van der Waals surface area contributed by atoms with Crippen LogP contribution in [-0.4, -0.2) is 13.1 Å². The van der Waals surface area contributed by atoms with E-state index in [0.29, 0.717) is 5.92 Å². The highest BCUT2D eigenvalue weighted by molar-refractivity contribution is 6.31. The molecule has 1 nitrogen and oxygen atoms in total. The Hall–Kier alpha value is -1.38. The van der Waals surface area contributed by atoms with Crippen molar-refractivity contribution in [1.29, 1.82) is 0 Å². The Morgan fingerprint density at radius 1 is 1.10 bits per heavy atom. The summed E-state index contributed by atoms with van der Waals surface area (Å²) in [7, 11) is 0. The van der Waals surface area contributed by atoms with E-state index in [4.69, 9.17) is 11.6 Å². The molecule has 1 heterocycles. The smallest absolute Gasteiger partial charge is 0.123 e. The van der Waals surface area contributed by atoms with E-state index in [2.05, 4.69) is 18.3 Å². The predicted octanol–water partition coefficient (Wildman–Crippen LogP) is 4.65. The standard InChI is InChI=1S/C18H19ClFN/c1-12-6-7-13(20)10-16(12)14-8-9-21-11-17(14)15-4-2-3-5-18(15)19/h2-7,10,14,17,21H,8-9,11H2,1H3. The van der Waals surface area contributed by atoms with Gasteiger partial charge in [0.05, 0.1) is 0 Å². The monoisotopic (exact) mass is 303 g/mol. The van der Waals surface area contributed by atoms with Crippen LogP contribution in [-0.2, 0) is 0 Å². The van der Waals surface area contributed by atoms with Crippen molar-refractivity contribution in [3.63, 3.8) is 0 Å².